The molecular weight excluding hydrogens is 212 g/mol. The van der Waals surface area contributed by atoms with Crippen LogP contribution in [0.5, 0.6) is 0 Å². The molecule has 1 heterocycles. The lowest BCUT2D eigenvalue weighted by Gasteiger charge is -1.94. The molecule has 2 rings (SSSR count). The van der Waals surface area contributed by atoms with Crippen LogP contribution in [0.4, 0.5) is 0 Å². The normalized spacial score (nSPS) is 12.1. The van der Waals surface area contributed by atoms with Crippen molar-refractivity contribution in [3.05, 3.63) is 66.1 Å². The van der Waals surface area contributed by atoms with Gasteiger partial charge in [0, 0.05) is 0 Å². The van der Waals surface area contributed by atoms with Crippen molar-refractivity contribution in [2.75, 3.05) is 0 Å². The monoisotopic (exact) mass is 226 g/mol. The summed E-state index contributed by atoms with van der Waals surface area (Å²) in [5, 5.41) is 0. The van der Waals surface area contributed by atoms with E-state index in [1.165, 1.54) is 0 Å². The van der Waals surface area contributed by atoms with Gasteiger partial charge in [-0.1, -0.05) is 36.4 Å². The standard InChI is InChI=1S/C14H14N2O/c15-14(16-11-13-7-4-10-17-13)9-8-12-5-2-1-3-6-12/h1-10H,11H2,(H2,15,16). The lowest BCUT2D eigenvalue weighted by atomic mass is 10.2. The Morgan fingerprint density at radius 3 is 2.71 bits per heavy atom. The average molecular weight is 226 g/mol. The summed E-state index contributed by atoms with van der Waals surface area (Å²) in [5.41, 5.74) is 6.86. The molecule has 0 spiro atoms. The molecule has 0 aliphatic carbocycles. The van der Waals surface area contributed by atoms with Crippen LogP contribution < -0.4 is 5.73 Å². The molecule has 0 aliphatic heterocycles. The van der Waals surface area contributed by atoms with E-state index in [2.05, 4.69) is 4.99 Å². The minimum Gasteiger partial charge on any atom is -0.467 e. The largest absolute Gasteiger partial charge is 0.467 e. The van der Waals surface area contributed by atoms with Crippen LogP contribution in [0.2, 0.25) is 0 Å². The summed E-state index contributed by atoms with van der Waals surface area (Å²) in [7, 11) is 0. The number of rotatable bonds is 4. The van der Waals surface area contributed by atoms with Gasteiger partial charge >= 0.3 is 0 Å². The molecule has 0 saturated carbocycles. The molecule has 0 unspecified atom stereocenters. The highest BCUT2D eigenvalue weighted by Gasteiger charge is 1.92. The van der Waals surface area contributed by atoms with Gasteiger partial charge in [-0.2, -0.15) is 0 Å². The smallest absolute Gasteiger partial charge is 0.125 e. The lowest BCUT2D eigenvalue weighted by Crippen LogP contribution is -2.07. The zero-order valence-corrected chi connectivity index (χ0v) is 9.41. The van der Waals surface area contributed by atoms with E-state index < -0.39 is 0 Å². The second-order valence-corrected chi connectivity index (χ2v) is 3.56. The fraction of sp³-hybridized carbons (Fsp3) is 0.0714. The van der Waals surface area contributed by atoms with Crippen LogP contribution in [-0.4, -0.2) is 5.84 Å². The summed E-state index contributed by atoms with van der Waals surface area (Å²) in [6.45, 7) is 0.470. The van der Waals surface area contributed by atoms with E-state index >= 15 is 0 Å². The van der Waals surface area contributed by atoms with Crippen molar-refractivity contribution in [3.8, 4) is 0 Å². The second-order valence-electron chi connectivity index (χ2n) is 3.56. The maximum absolute atomic E-state index is 5.76. The zero-order valence-electron chi connectivity index (χ0n) is 9.41. The first kappa shape index (κ1) is 11.2. The maximum atomic E-state index is 5.76. The van der Waals surface area contributed by atoms with Gasteiger partial charge in [0.2, 0.25) is 0 Å². The molecule has 3 heteroatoms. The lowest BCUT2D eigenvalue weighted by molar-refractivity contribution is 0.513. The van der Waals surface area contributed by atoms with Gasteiger partial charge in [-0.25, -0.2) is 0 Å². The van der Waals surface area contributed by atoms with E-state index in [-0.39, 0.29) is 0 Å². The Bertz CT molecular complexity index is 498. The van der Waals surface area contributed by atoms with Crippen molar-refractivity contribution in [1.82, 2.24) is 0 Å². The molecule has 1 aromatic carbocycles. The molecule has 1 aromatic heterocycles. The Morgan fingerprint density at radius 1 is 1.18 bits per heavy atom. The van der Waals surface area contributed by atoms with E-state index in [9.17, 15) is 0 Å². The van der Waals surface area contributed by atoms with E-state index in [4.69, 9.17) is 10.2 Å². The van der Waals surface area contributed by atoms with Crippen molar-refractivity contribution < 1.29 is 4.42 Å². The number of hydrogen-bond donors (Lipinski definition) is 1. The topological polar surface area (TPSA) is 51.5 Å². The van der Waals surface area contributed by atoms with Gasteiger partial charge in [0.1, 0.15) is 11.6 Å². The summed E-state index contributed by atoms with van der Waals surface area (Å²) in [5.74, 6) is 1.30. The van der Waals surface area contributed by atoms with Crippen LogP contribution in [0.25, 0.3) is 6.08 Å². The van der Waals surface area contributed by atoms with Gasteiger partial charge < -0.3 is 10.2 Å². The molecule has 0 amide bonds. The predicted molar refractivity (Wildman–Crippen MR) is 69.5 cm³/mol. The first-order valence-corrected chi connectivity index (χ1v) is 5.40. The average Bonchev–Trinajstić information content (AvgIpc) is 2.88. The molecule has 0 saturated heterocycles. The molecule has 0 atom stereocenters. The molecule has 0 radical (unpaired) electrons. The maximum Gasteiger partial charge on any atom is 0.125 e. The molecule has 0 fully saturated rings. The molecule has 2 aromatic rings. The minimum atomic E-state index is 0.470. The molecule has 0 aliphatic rings. The van der Waals surface area contributed by atoms with Gasteiger partial charge in [0.25, 0.3) is 0 Å². The van der Waals surface area contributed by atoms with Gasteiger partial charge in [0.05, 0.1) is 12.8 Å². The first-order valence-electron chi connectivity index (χ1n) is 5.40. The van der Waals surface area contributed by atoms with Crippen LogP contribution in [0.15, 0.2) is 64.2 Å². The van der Waals surface area contributed by atoms with Crippen LogP contribution in [0, 0.1) is 0 Å². The van der Waals surface area contributed by atoms with Crippen LogP contribution in [-0.2, 0) is 6.54 Å². The van der Waals surface area contributed by atoms with Gasteiger partial charge in [-0.3, -0.25) is 4.99 Å². The third-order valence-corrected chi connectivity index (χ3v) is 2.24. The highest BCUT2D eigenvalue weighted by atomic mass is 16.3. The van der Waals surface area contributed by atoms with Crippen molar-refractivity contribution >= 4 is 11.9 Å². The number of aliphatic imine (C=N–C) groups is 1. The molecule has 0 bridgehead atoms. The van der Waals surface area contributed by atoms with Crippen molar-refractivity contribution in [2.45, 2.75) is 6.54 Å². The fourth-order valence-electron chi connectivity index (χ4n) is 1.37. The third-order valence-electron chi connectivity index (χ3n) is 2.24. The van der Waals surface area contributed by atoms with Crippen molar-refractivity contribution in [1.29, 1.82) is 0 Å². The Kier molecular flexibility index (Phi) is 3.76. The van der Waals surface area contributed by atoms with Crippen molar-refractivity contribution in [3.63, 3.8) is 0 Å². The van der Waals surface area contributed by atoms with E-state index in [1.807, 2.05) is 48.5 Å². The van der Waals surface area contributed by atoms with Gasteiger partial charge in [-0.15, -0.1) is 0 Å². The fourth-order valence-corrected chi connectivity index (χ4v) is 1.37. The Labute approximate surface area is 100 Å². The van der Waals surface area contributed by atoms with Gasteiger partial charge in [-0.05, 0) is 23.8 Å². The Hall–Kier alpha value is -2.29. The van der Waals surface area contributed by atoms with Crippen LogP contribution >= 0.6 is 0 Å². The first-order chi connectivity index (χ1) is 8.34. The minimum absolute atomic E-state index is 0.470. The second kappa shape index (κ2) is 5.70. The number of benzene rings is 1. The number of nitrogens with zero attached hydrogens (tertiary/aromatic N) is 1. The Morgan fingerprint density at radius 2 is 2.00 bits per heavy atom. The SMILES string of the molecule is NC(C=Cc1ccccc1)=NCc1ccco1. The Balaban J connectivity index is 1.94. The predicted octanol–water partition coefficient (Wildman–Crippen LogP) is 2.85. The summed E-state index contributed by atoms with van der Waals surface area (Å²) >= 11 is 0. The molecule has 3 nitrogen and oxygen atoms in total. The highest BCUT2D eigenvalue weighted by molar-refractivity contribution is 5.95. The van der Waals surface area contributed by atoms with Crippen LogP contribution in [0.3, 0.4) is 0 Å². The van der Waals surface area contributed by atoms with E-state index in [1.54, 1.807) is 12.3 Å². The number of amidine groups is 1. The van der Waals surface area contributed by atoms with Crippen molar-refractivity contribution in [2.24, 2.45) is 10.7 Å². The highest BCUT2D eigenvalue weighted by Crippen LogP contribution is 2.03. The molecular formula is C14H14N2O. The quantitative estimate of drug-likeness (QED) is 0.643. The summed E-state index contributed by atoms with van der Waals surface area (Å²) in [6.07, 6.45) is 5.35. The molecule has 17 heavy (non-hydrogen) atoms. The molecule has 2 N–H and O–H groups in total. The number of nitrogens with two attached hydrogens (primary N) is 1. The third kappa shape index (κ3) is 3.65. The summed E-state index contributed by atoms with van der Waals surface area (Å²) in [4.78, 5) is 4.20. The number of furan rings is 1. The zero-order chi connectivity index (χ0) is 11.9. The van der Waals surface area contributed by atoms with E-state index in [0.717, 1.165) is 11.3 Å². The van der Waals surface area contributed by atoms with E-state index in [0.29, 0.717) is 12.4 Å². The molecule has 86 valence electrons. The summed E-state index contributed by atoms with van der Waals surface area (Å²) in [6, 6.07) is 13.7. The summed E-state index contributed by atoms with van der Waals surface area (Å²) < 4.78 is 5.16. The van der Waals surface area contributed by atoms with Gasteiger partial charge in [0.15, 0.2) is 0 Å². The number of hydrogen-bond acceptors (Lipinski definition) is 2. The van der Waals surface area contributed by atoms with Crippen LogP contribution in [0.1, 0.15) is 11.3 Å².